The van der Waals surface area contributed by atoms with Crippen molar-refractivity contribution in [2.45, 2.75) is 105 Å². The van der Waals surface area contributed by atoms with Crippen LogP contribution in [0.2, 0.25) is 5.15 Å². The molecular formula is C58H64BClN8O10. The number of rotatable bonds is 10. The lowest BCUT2D eigenvalue weighted by molar-refractivity contribution is 0.00578. The van der Waals surface area contributed by atoms with Crippen molar-refractivity contribution in [3.8, 4) is 33.8 Å². The zero-order valence-electron chi connectivity index (χ0n) is 45.8. The van der Waals surface area contributed by atoms with Crippen molar-refractivity contribution < 1.29 is 47.4 Å². The number of amides is 2. The minimum Gasteiger partial charge on any atom is -0.465 e. The molecule has 4 aromatic carbocycles. The molecule has 9 rings (SSSR count). The topological polar surface area (TPSA) is 231 Å². The monoisotopic (exact) mass is 1080 g/mol. The summed E-state index contributed by atoms with van der Waals surface area (Å²) in [5, 5.41) is 7.56. The van der Waals surface area contributed by atoms with E-state index in [2.05, 4.69) is 45.3 Å². The number of ether oxygens (including phenoxy) is 4. The second-order valence-electron chi connectivity index (χ2n) is 21.2. The smallest absolute Gasteiger partial charge is 0.465 e. The molecule has 18 nitrogen and oxygen atoms in total. The summed E-state index contributed by atoms with van der Waals surface area (Å²) in [4.78, 5) is 70.0. The standard InChI is InChI=1S/C26H26N4O4.C18H28BNO4.C14H10ClN3O2/c1-26(2,3)34-25(32)27-14-16-5-7-18(8-6-16)22-20-13-21(30-23(20)29-15-28-22)17-9-11-19(12-10-17)24(31)33-4;1-16(2,3)22-15(21)20-12-13-8-10-14(11-9-13)19-23-17(4,5)18(6,7)24-19;1-20-14(19)9-4-2-8(3-5-9)11-6-10-12(15)16-7-17-13(10)18-11/h5-13,15H,14H2,1-4H3,(H,27,32)(H,28,29,30);8-11H,12H2,1-7H3,(H,20,21);2-7H,1H3,(H,16,17,18). The molecule has 0 unspecified atom stereocenters. The summed E-state index contributed by atoms with van der Waals surface area (Å²) < 4.78 is 32.0. The molecule has 5 heterocycles. The molecule has 8 aromatic rings. The molecule has 406 valence electrons. The Morgan fingerprint density at radius 2 is 0.962 bits per heavy atom. The summed E-state index contributed by atoms with van der Waals surface area (Å²) >= 11 is 6.01. The van der Waals surface area contributed by atoms with Gasteiger partial charge in [-0.05, 0) is 133 Å². The Bertz CT molecular complexity index is 3370. The van der Waals surface area contributed by atoms with Crippen LogP contribution >= 0.6 is 11.6 Å². The number of hydrogen-bond acceptors (Lipinski definition) is 14. The van der Waals surface area contributed by atoms with Crippen LogP contribution in [-0.4, -0.2) is 97.8 Å². The molecule has 0 saturated carbocycles. The van der Waals surface area contributed by atoms with Gasteiger partial charge < -0.3 is 48.9 Å². The number of carbonyl (C=O) groups is 4. The number of aromatic amines is 2. The second-order valence-corrected chi connectivity index (χ2v) is 21.5. The fourth-order valence-electron chi connectivity index (χ4n) is 7.73. The average Bonchev–Trinajstić information content (AvgIpc) is 4.15. The molecule has 0 spiro atoms. The van der Waals surface area contributed by atoms with Gasteiger partial charge in [-0.25, -0.2) is 39.1 Å². The van der Waals surface area contributed by atoms with Gasteiger partial charge in [0, 0.05) is 35.4 Å². The van der Waals surface area contributed by atoms with Crippen LogP contribution < -0.4 is 16.1 Å². The highest BCUT2D eigenvalue weighted by molar-refractivity contribution is 6.62. The Balaban J connectivity index is 0.000000177. The zero-order chi connectivity index (χ0) is 56.6. The van der Waals surface area contributed by atoms with Crippen LogP contribution in [-0.2, 0) is 41.3 Å². The van der Waals surface area contributed by atoms with E-state index < -0.39 is 23.4 Å². The van der Waals surface area contributed by atoms with Gasteiger partial charge in [-0.1, -0.05) is 84.4 Å². The maximum atomic E-state index is 11.9. The van der Waals surface area contributed by atoms with Crippen LogP contribution in [0.3, 0.4) is 0 Å². The third kappa shape index (κ3) is 14.9. The maximum Gasteiger partial charge on any atom is 0.494 e. The summed E-state index contributed by atoms with van der Waals surface area (Å²) in [6.07, 6.45) is 2.06. The van der Waals surface area contributed by atoms with E-state index in [1.165, 1.54) is 26.9 Å². The van der Waals surface area contributed by atoms with Gasteiger partial charge in [-0.3, -0.25) is 0 Å². The van der Waals surface area contributed by atoms with E-state index in [9.17, 15) is 19.2 Å². The number of nitrogens with zero attached hydrogens (tertiary/aromatic N) is 4. The highest BCUT2D eigenvalue weighted by Crippen LogP contribution is 2.37. The molecule has 0 radical (unpaired) electrons. The quantitative estimate of drug-likeness (QED) is 0.0432. The normalized spacial score (nSPS) is 13.6. The van der Waals surface area contributed by atoms with E-state index in [1.807, 2.05) is 154 Å². The molecule has 1 aliphatic rings. The lowest BCUT2D eigenvalue weighted by Crippen LogP contribution is -2.41. The van der Waals surface area contributed by atoms with Crippen molar-refractivity contribution in [1.29, 1.82) is 0 Å². The van der Waals surface area contributed by atoms with E-state index in [-0.39, 0.29) is 30.3 Å². The molecule has 4 N–H and O–H groups in total. The summed E-state index contributed by atoms with van der Waals surface area (Å²) in [5.74, 6) is -0.733. The number of alkyl carbamates (subject to hydrolysis) is 2. The van der Waals surface area contributed by atoms with E-state index in [1.54, 1.807) is 24.3 Å². The zero-order valence-corrected chi connectivity index (χ0v) is 46.5. The van der Waals surface area contributed by atoms with E-state index >= 15 is 0 Å². The summed E-state index contributed by atoms with van der Waals surface area (Å²) in [6, 6.07) is 33.8. The van der Waals surface area contributed by atoms with Gasteiger partial charge in [0.25, 0.3) is 0 Å². The molecule has 0 atom stereocenters. The van der Waals surface area contributed by atoms with Crippen molar-refractivity contribution >= 4 is 70.4 Å². The number of methoxy groups -OCH3 is 2. The van der Waals surface area contributed by atoms with Gasteiger partial charge in [0.15, 0.2) is 0 Å². The number of benzene rings is 4. The predicted octanol–water partition coefficient (Wildman–Crippen LogP) is 11.2. The molecule has 78 heavy (non-hydrogen) atoms. The van der Waals surface area contributed by atoms with Crippen molar-refractivity contribution in [1.82, 2.24) is 40.5 Å². The summed E-state index contributed by atoms with van der Waals surface area (Å²) in [5.41, 5.74) is 8.84. The number of hydrogen-bond donors (Lipinski definition) is 4. The van der Waals surface area contributed by atoms with E-state index in [4.69, 9.17) is 35.1 Å². The molecule has 0 bridgehead atoms. The van der Waals surface area contributed by atoms with Crippen LogP contribution in [0.5, 0.6) is 0 Å². The molecule has 2 amide bonds. The van der Waals surface area contributed by atoms with Gasteiger partial charge in [0.1, 0.15) is 40.3 Å². The highest BCUT2D eigenvalue weighted by Gasteiger charge is 2.51. The Morgan fingerprint density at radius 1 is 0.564 bits per heavy atom. The first-order valence-corrected chi connectivity index (χ1v) is 25.4. The average molecular weight is 1080 g/mol. The lowest BCUT2D eigenvalue weighted by Gasteiger charge is -2.32. The van der Waals surface area contributed by atoms with Crippen LogP contribution in [0, 0.1) is 0 Å². The predicted molar refractivity (Wildman–Crippen MR) is 300 cm³/mol. The van der Waals surface area contributed by atoms with Crippen molar-refractivity contribution in [3.63, 3.8) is 0 Å². The molecule has 20 heteroatoms. The molecule has 1 aliphatic heterocycles. The van der Waals surface area contributed by atoms with Crippen molar-refractivity contribution in [3.05, 3.63) is 149 Å². The van der Waals surface area contributed by atoms with Gasteiger partial charge in [-0.15, -0.1) is 0 Å². The molecule has 1 saturated heterocycles. The van der Waals surface area contributed by atoms with Crippen LogP contribution in [0.4, 0.5) is 9.59 Å². The number of aromatic nitrogens is 6. The highest BCUT2D eigenvalue weighted by atomic mass is 35.5. The second kappa shape index (κ2) is 24.0. The van der Waals surface area contributed by atoms with Crippen LogP contribution in [0.25, 0.3) is 55.8 Å². The third-order valence-electron chi connectivity index (χ3n) is 12.4. The van der Waals surface area contributed by atoms with E-state index in [0.29, 0.717) is 40.7 Å². The number of halogens is 1. The van der Waals surface area contributed by atoms with Crippen molar-refractivity contribution in [2.75, 3.05) is 14.2 Å². The molecular weight excluding hydrogens is 1010 g/mol. The Kier molecular flexibility index (Phi) is 17.7. The number of fused-ring (bicyclic) bond motifs is 2. The Morgan fingerprint density at radius 3 is 1.38 bits per heavy atom. The SMILES string of the molecule is CC(C)(C)OC(=O)NCc1ccc(B2OC(C)(C)C(C)(C)O2)cc1.COC(=O)c1ccc(-c2cc3c(-c4ccc(CNC(=O)OC(C)(C)C)cc4)ncnc3[nH]2)cc1.COC(=O)c1ccc(-c2cc3c(Cl)ncnc3[nH]2)cc1. The van der Waals surface area contributed by atoms with Gasteiger partial charge >= 0.3 is 31.2 Å². The maximum absolute atomic E-state index is 11.9. The first-order valence-electron chi connectivity index (χ1n) is 25.0. The lowest BCUT2D eigenvalue weighted by atomic mass is 9.79. The number of H-pyrrole nitrogens is 2. The Hall–Kier alpha value is -8.13. The number of carbonyl (C=O) groups excluding carboxylic acids is 4. The largest absolute Gasteiger partial charge is 0.494 e. The number of nitrogens with one attached hydrogen (secondary N) is 4. The van der Waals surface area contributed by atoms with Crippen LogP contribution in [0.1, 0.15) is 101 Å². The van der Waals surface area contributed by atoms with Gasteiger partial charge in [-0.2, -0.15) is 0 Å². The molecule has 1 fully saturated rings. The fourth-order valence-corrected chi connectivity index (χ4v) is 7.91. The minimum absolute atomic E-state index is 0.353. The molecule has 0 aliphatic carbocycles. The fraction of sp³-hybridized carbons (Fsp3) is 0.310. The van der Waals surface area contributed by atoms with E-state index in [0.717, 1.165) is 61.1 Å². The number of esters is 2. The first kappa shape index (κ1) is 57.6. The summed E-state index contributed by atoms with van der Waals surface area (Å²) in [6.45, 7) is 19.9. The van der Waals surface area contributed by atoms with Gasteiger partial charge in [0.2, 0.25) is 0 Å². The first-order chi connectivity index (χ1) is 36.8. The van der Waals surface area contributed by atoms with Crippen LogP contribution in [0.15, 0.2) is 122 Å². The van der Waals surface area contributed by atoms with Crippen molar-refractivity contribution in [2.24, 2.45) is 0 Å². The minimum atomic E-state index is -0.537. The van der Waals surface area contributed by atoms with Gasteiger partial charge in [0.05, 0.1) is 47.6 Å². The third-order valence-corrected chi connectivity index (χ3v) is 12.7. The summed E-state index contributed by atoms with van der Waals surface area (Å²) in [7, 11) is 2.34. The Labute approximate surface area is 458 Å². The molecule has 4 aromatic heterocycles.